The van der Waals surface area contributed by atoms with E-state index in [1.165, 1.54) is 6.07 Å². The summed E-state index contributed by atoms with van der Waals surface area (Å²) in [7, 11) is 2.02. The minimum absolute atomic E-state index is 0.299. The predicted octanol–water partition coefficient (Wildman–Crippen LogP) is 1.58. The molecule has 0 fully saturated rings. The van der Waals surface area contributed by atoms with Crippen LogP contribution in [0.15, 0.2) is 18.3 Å². The first kappa shape index (κ1) is 10.9. The molecule has 0 aliphatic rings. The zero-order valence-corrected chi connectivity index (χ0v) is 8.63. The molecule has 3 nitrogen and oxygen atoms in total. The molecule has 0 atom stereocenters. The Morgan fingerprint density at radius 2 is 2.36 bits per heavy atom. The van der Waals surface area contributed by atoms with Crippen LogP contribution in [-0.2, 0) is 0 Å². The van der Waals surface area contributed by atoms with Gasteiger partial charge in [0.25, 0.3) is 0 Å². The van der Waals surface area contributed by atoms with Crippen LogP contribution in [0.25, 0.3) is 0 Å². The maximum atomic E-state index is 13.1. The summed E-state index contributed by atoms with van der Waals surface area (Å²) >= 11 is 0. The highest BCUT2D eigenvalue weighted by Crippen LogP contribution is 2.07. The summed E-state index contributed by atoms with van der Waals surface area (Å²) in [5, 5.41) is 2.95. The van der Waals surface area contributed by atoms with E-state index in [0.29, 0.717) is 12.4 Å². The van der Waals surface area contributed by atoms with E-state index >= 15 is 0 Å². The van der Waals surface area contributed by atoms with Gasteiger partial charge in [0.15, 0.2) is 11.6 Å². The van der Waals surface area contributed by atoms with E-state index in [1.54, 1.807) is 12.3 Å². The minimum Gasteiger partial charge on any atom is -0.366 e. The number of hydrogen-bond acceptors (Lipinski definition) is 3. The summed E-state index contributed by atoms with van der Waals surface area (Å²) in [6.07, 6.45) is 1.58. The highest BCUT2D eigenvalue weighted by Gasteiger charge is 2.00. The lowest BCUT2D eigenvalue weighted by Gasteiger charge is -2.14. The van der Waals surface area contributed by atoms with E-state index in [2.05, 4.69) is 22.1 Å². The van der Waals surface area contributed by atoms with E-state index in [9.17, 15) is 4.39 Å². The summed E-state index contributed by atoms with van der Waals surface area (Å²) in [4.78, 5) is 6.04. The number of rotatable bonds is 5. The molecule has 0 unspecified atom stereocenters. The molecular weight excluding hydrogens is 181 g/mol. The summed E-state index contributed by atoms with van der Waals surface area (Å²) < 4.78 is 13.1. The maximum Gasteiger partial charge on any atom is 0.165 e. The van der Waals surface area contributed by atoms with Crippen molar-refractivity contribution in [3.05, 3.63) is 24.1 Å². The van der Waals surface area contributed by atoms with Crippen molar-refractivity contribution < 1.29 is 4.39 Å². The molecule has 1 aromatic heterocycles. The molecule has 0 aliphatic carbocycles. The molecule has 0 aliphatic heterocycles. The van der Waals surface area contributed by atoms with Gasteiger partial charge in [-0.2, -0.15) is 0 Å². The van der Waals surface area contributed by atoms with Crippen LogP contribution in [0.1, 0.15) is 6.92 Å². The zero-order valence-electron chi connectivity index (χ0n) is 8.63. The van der Waals surface area contributed by atoms with Gasteiger partial charge in [0.2, 0.25) is 0 Å². The average molecular weight is 197 g/mol. The number of halogens is 1. The van der Waals surface area contributed by atoms with Gasteiger partial charge in [-0.1, -0.05) is 6.92 Å². The Kier molecular flexibility index (Phi) is 4.32. The number of hydrogen-bond donors (Lipinski definition) is 1. The third kappa shape index (κ3) is 3.30. The third-order valence-corrected chi connectivity index (χ3v) is 2.08. The van der Waals surface area contributed by atoms with Gasteiger partial charge < -0.3 is 10.2 Å². The summed E-state index contributed by atoms with van der Waals surface area (Å²) in [6, 6.07) is 2.98. The molecule has 1 rings (SSSR count). The van der Waals surface area contributed by atoms with Crippen molar-refractivity contribution in [2.24, 2.45) is 0 Å². The number of nitrogens with one attached hydrogen (secondary N) is 1. The molecule has 0 saturated heterocycles. The van der Waals surface area contributed by atoms with Gasteiger partial charge in [-0.3, -0.25) is 0 Å². The SMILES string of the molecule is CCN(C)CCNc1ncccc1F. The van der Waals surface area contributed by atoms with Crippen molar-refractivity contribution in [1.29, 1.82) is 0 Å². The van der Waals surface area contributed by atoms with Gasteiger partial charge in [-0.15, -0.1) is 0 Å². The van der Waals surface area contributed by atoms with E-state index in [4.69, 9.17) is 0 Å². The Morgan fingerprint density at radius 1 is 1.57 bits per heavy atom. The van der Waals surface area contributed by atoms with Crippen LogP contribution >= 0.6 is 0 Å². The average Bonchev–Trinajstić information content (AvgIpc) is 2.20. The molecule has 78 valence electrons. The van der Waals surface area contributed by atoms with Gasteiger partial charge in [-0.25, -0.2) is 9.37 Å². The second-order valence-corrected chi connectivity index (χ2v) is 3.16. The van der Waals surface area contributed by atoms with Crippen molar-refractivity contribution in [3.63, 3.8) is 0 Å². The van der Waals surface area contributed by atoms with Gasteiger partial charge >= 0.3 is 0 Å². The van der Waals surface area contributed by atoms with Gasteiger partial charge in [-0.05, 0) is 25.7 Å². The number of pyridine rings is 1. The standard InChI is InChI=1S/C10H16FN3/c1-3-14(2)8-7-13-10-9(11)5-4-6-12-10/h4-6H,3,7-8H2,1-2H3,(H,12,13). The Balaban J connectivity index is 2.35. The molecule has 0 aromatic carbocycles. The largest absolute Gasteiger partial charge is 0.366 e. The quantitative estimate of drug-likeness (QED) is 0.776. The summed E-state index contributed by atoms with van der Waals surface area (Å²) in [5.74, 6) is 0.0312. The normalized spacial score (nSPS) is 10.6. The number of anilines is 1. The fraction of sp³-hybridized carbons (Fsp3) is 0.500. The lowest BCUT2D eigenvalue weighted by atomic mass is 10.4. The molecule has 1 heterocycles. The topological polar surface area (TPSA) is 28.2 Å². The van der Waals surface area contributed by atoms with Crippen LogP contribution in [0, 0.1) is 5.82 Å². The van der Waals surface area contributed by atoms with Crippen LogP contribution in [-0.4, -0.2) is 36.6 Å². The molecule has 0 bridgehead atoms. The van der Waals surface area contributed by atoms with Crippen molar-refractivity contribution in [2.75, 3.05) is 32.0 Å². The minimum atomic E-state index is -0.299. The highest BCUT2D eigenvalue weighted by atomic mass is 19.1. The van der Waals surface area contributed by atoms with Gasteiger partial charge in [0.05, 0.1) is 0 Å². The molecule has 0 saturated carbocycles. The second kappa shape index (κ2) is 5.54. The highest BCUT2D eigenvalue weighted by molar-refractivity contribution is 5.35. The fourth-order valence-electron chi connectivity index (χ4n) is 1.04. The van der Waals surface area contributed by atoms with E-state index in [-0.39, 0.29) is 5.82 Å². The van der Waals surface area contributed by atoms with Crippen molar-refractivity contribution in [1.82, 2.24) is 9.88 Å². The van der Waals surface area contributed by atoms with Gasteiger partial charge in [0.1, 0.15) is 0 Å². The van der Waals surface area contributed by atoms with Crippen molar-refractivity contribution >= 4 is 5.82 Å². The fourth-order valence-corrected chi connectivity index (χ4v) is 1.04. The van der Waals surface area contributed by atoms with Crippen LogP contribution < -0.4 is 5.32 Å². The maximum absolute atomic E-state index is 13.1. The Morgan fingerprint density at radius 3 is 3.00 bits per heavy atom. The Bertz CT molecular complexity index is 278. The third-order valence-electron chi connectivity index (χ3n) is 2.08. The second-order valence-electron chi connectivity index (χ2n) is 3.16. The lowest BCUT2D eigenvalue weighted by Crippen LogP contribution is -2.25. The molecule has 0 amide bonds. The molecule has 4 heteroatoms. The Hall–Kier alpha value is -1.16. The number of likely N-dealkylation sites (N-methyl/N-ethyl adjacent to an activating group) is 1. The smallest absolute Gasteiger partial charge is 0.165 e. The Labute approximate surface area is 84.0 Å². The van der Waals surface area contributed by atoms with E-state index in [1.807, 2.05) is 7.05 Å². The van der Waals surface area contributed by atoms with E-state index in [0.717, 1.165) is 13.1 Å². The van der Waals surface area contributed by atoms with Crippen LogP contribution in [0.4, 0.5) is 10.2 Å². The first-order valence-corrected chi connectivity index (χ1v) is 4.77. The zero-order chi connectivity index (χ0) is 10.4. The molecule has 1 aromatic rings. The van der Waals surface area contributed by atoms with Gasteiger partial charge in [0, 0.05) is 19.3 Å². The molecule has 1 N–H and O–H groups in total. The number of aromatic nitrogens is 1. The van der Waals surface area contributed by atoms with Crippen molar-refractivity contribution in [3.8, 4) is 0 Å². The summed E-state index contributed by atoms with van der Waals surface area (Å²) in [5.41, 5.74) is 0. The van der Waals surface area contributed by atoms with Crippen LogP contribution in [0.2, 0.25) is 0 Å². The van der Waals surface area contributed by atoms with Crippen LogP contribution in [0.5, 0.6) is 0 Å². The monoisotopic (exact) mass is 197 g/mol. The van der Waals surface area contributed by atoms with Crippen LogP contribution in [0.3, 0.4) is 0 Å². The number of nitrogens with zero attached hydrogens (tertiary/aromatic N) is 2. The molecule has 0 radical (unpaired) electrons. The first-order chi connectivity index (χ1) is 6.74. The van der Waals surface area contributed by atoms with Crippen molar-refractivity contribution in [2.45, 2.75) is 6.92 Å². The molecule has 0 spiro atoms. The van der Waals surface area contributed by atoms with E-state index < -0.39 is 0 Å². The predicted molar refractivity (Wildman–Crippen MR) is 55.9 cm³/mol. The molecule has 14 heavy (non-hydrogen) atoms. The lowest BCUT2D eigenvalue weighted by molar-refractivity contribution is 0.366. The first-order valence-electron chi connectivity index (χ1n) is 4.77. The summed E-state index contributed by atoms with van der Waals surface area (Å²) in [6.45, 7) is 4.67. The molecular formula is C10H16FN3.